The minimum atomic E-state index is -0.516. The van der Waals surface area contributed by atoms with E-state index in [1.165, 1.54) is 6.07 Å². The van der Waals surface area contributed by atoms with Gasteiger partial charge in [0, 0.05) is 0 Å². The number of hydrogen-bond acceptors (Lipinski definition) is 5. The third kappa shape index (κ3) is 3.88. The fraction of sp³-hybridized carbons (Fsp3) is 0.300. The van der Waals surface area contributed by atoms with Crippen molar-refractivity contribution in [3.05, 3.63) is 21.4 Å². The van der Waals surface area contributed by atoms with Crippen molar-refractivity contribution in [1.29, 1.82) is 5.26 Å². The van der Waals surface area contributed by atoms with E-state index in [9.17, 15) is 4.79 Å². The minimum absolute atomic E-state index is 0.164. The normalized spacial score (nSPS) is 9.53. The Kier molecular flexibility index (Phi) is 5.19. The number of rotatable bonds is 4. The number of nitrogens with zero attached hydrogens (tertiary/aromatic N) is 2. The smallest absolute Gasteiger partial charge is 0.344 e. The Morgan fingerprint density at radius 3 is 3.00 bits per heavy atom. The second kappa shape index (κ2) is 6.42. The summed E-state index contributed by atoms with van der Waals surface area (Å²) in [4.78, 5) is 15.0. The van der Waals surface area contributed by atoms with Gasteiger partial charge in [-0.3, -0.25) is 0 Å². The van der Waals surface area contributed by atoms with Gasteiger partial charge in [0.25, 0.3) is 0 Å². The predicted molar refractivity (Wildman–Crippen MR) is 63.8 cm³/mol. The maximum absolute atomic E-state index is 11.1. The summed E-state index contributed by atoms with van der Waals surface area (Å²) < 4.78 is 10.1. The standard InChI is InChI=1S/C10H8BrClN2O3/c1-2-16-8(15)5-17-9-6(4-13)3-7(12)14-10(9)11/h3H,2,5H2,1H3. The second-order valence-electron chi connectivity index (χ2n) is 2.82. The van der Waals surface area contributed by atoms with E-state index in [0.717, 1.165) is 0 Å². The van der Waals surface area contributed by atoms with Gasteiger partial charge in [-0.05, 0) is 28.9 Å². The van der Waals surface area contributed by atoms with Crippen LogP contribution in [-0.4, -0.2) is 24.2 Å². The summed E-state index contributed by atoms with van der Waals surface area (Å²) in [6.07, 6.45) is 0. The highest BCUT2D eigenvalue weighted by Crippen LogP contribution is 2.29. The van der Waals surface area contributed by atoms with Crippen molar-refractivity contribution in [2.45, 2.75) is 6.92 Å². The molecule has 7 heteroatoms. The zero-order chi connectivity index (χ0) is 12.8. The number of carbonyl (C=O) groups is 1. The summed E-state index contributed by atoms with van der Waals surface area (Å²) in [5.74, 6) is -0.344. The molecule has 0 aromatic carbocycles. The van der Waals surface area contributed by atoms with Gasteiger partial charge in [0.05, 0.1) is 12.2 Å². The molecule has 0 N–H and O–H groups in total. The Morgan fingerprint density at radius 2 is 2.41 bits per heavy atom. The van der Waals surface area contributed by atoms with Crippen molar-refractivity contribution in [3.8, 4) is 11.8 Å². The Morgan fingerprint density at radius 1 is 1.71 bits per heavy atom. The van der Waals surface area contributed by atoms with Crippen LogP contribution in [0.15, 0.2) is 10.7 Å². The van der Waals surface area contributed by atoms with Crippen LogP contribution in [0.3, 0.4) is 0 Å². The monoisotopic (exact) mass is 318 g/mol. The van der Waals surface area contributed by atoms with Crippen molar-refractivity contribution in [3.63, 3.8) is 0 Å². The summed E-state index contributed by atoms with van der Waals surface area (Å²) in [7, 11) is 0. The number of halogens is 2. The summed E-state index contributed by atoms with van der Waals surface area (Å²) in [5, 5.41) is 9.05. The van der Waals surface area contributed by atoms with Crippen LogP contribution >= 0.6 is 27.5 Å². The maximum atomic E-state index is 11.1. The molecule has 0 bridgehead atoms. The first-order valence-electron chi connectivity index (χ1n) is 4.63. The minimum Gasteiger partial charge on any atom is -0.478 e. The number of hydrogen-bond donors (Lipinski definition) is 0. The average Bonchev–Trinajstić information content (AvgIpc) is 2.27. The van der Waals surface area contributed by atoms with E-state index in [2.05, 4.69) is 20.9 Å². The quantitative estimate of drug-likeness (QED) is 0.629. The molecule has 0 saturated carbocycles. The molecular formula is C10H8BrClN2O3. The lowest BCUT2D eigenvalue weighted by atomic mass is 10.3. The molecule has 0 aliphatic rings. The largest absolute Gasteiger partial charge is 0.478 e. The number of carbonyl (C=O) groups excluding carboxylic acids is 1. The molecule has 1 rings (SSSR count). The summed E-state index contributed by atoms with van der Waals surface area (Å²) in [6.45, 7) is 1.68. The Labute approximate surface area is 111 Å². The van der Waals surface area contributed by atoms with E-state index in [-0.39, 0.29) is 34.3 Å². The van der Waals surface area contributed by atoms with Crippen molar-refractivity contribution in [2.75, 3.05) is 13.2 Å². The molecule has 0 unspecified atom stereocenters. The Hall–Kier alpha value is -1.32. The number of esters is 1. The molecule has 1 aromatic heterocycles. The number of aromatic nitrogens is 1. The SMILES string of the molecule is CCOC(=O)COc1c(C#N)cc(Cl)nc1Br. The molecule has 5 nitrogen and oxygen atoms in total. The first-order chi connectivity index (χ1) is 8.08. The van der Waals surface area contributed by atoms with E-state index in [1.54, 1.807) is 6.92 Å². The van der Waals surface area contributed by atoms with Crippen molar-refractivity contribution < 1.29 is 14.3 Å². The highest BCUT2D eigenvalue weighted by atomic mass is 79.9. The molecule has 17 heavy (non-hydrogen) atoms. The number of pyridine rings is 1. The third-order valence-corrected chi connectivity index (χ3v) is 2.39. The van der Waals surface area contributed by atoms with Gasteiger partial charge < -0.3 is 9.47 Å². The van der Waals surface area contributed by atoms with Crippen molar-refractivity contribution in [1.82, 2.24) is 4.98 Å². The first-order valence-corrected chi connectivity index (χ1v) is 5.80. The molecule has 1 aromatic rings. The molecule has 0 aliphatic carbocycles. The zero-order valence-corrected chi connectivity index (χ0v) is 11.2. The Bertz CT molecular complexity index is 473. The van der Waals surface area contributed by atoms with E-state index >= 15 is 0 Å². The lowest BCUT2D eigenvalue weighted by Crippen LogP contribution is -2.15. The van der Waals surface area contributed by atoms with Crippen LogP contribution in [0.1, 0.15) is 12.5 Å². The predicted octanol–water partition coefficient (Wildman–Crippen LogP) is 2.31. The molecule has 90 valence electrons. The van der Waals surface area contributed by atoms with Gasteiger partial charge in [-0.25, -0.2) is 9.78 Å². The lowest BCUT2D eigenvalue weighted by Gasteiger charge is -2.08. The molecule has 0 fully saturated rings. The van der Waals surface area contributed by atoms with Gasteiger partial charge in [0.1, 0.15) is 11.2 Å². The third-order valence-electron chi connectivity index (χ3n) is 1.66. The van der Waals surface area contributed by atoms with Gasteiger partial charge in [-0.1, -0.05) is 11.6 Å². The van der Waals surface area contributed by atoms with E-state index in [4.69, 9.17) is 26.3 Å². The first kappa shape index (κ1) is 13.7. The van der Waals surface area contributed by atoms with Gasteiger partial charge in [0.2, 0.25) is 0 Å². The fourth-order valence-corrected chi connectivity index (χ4v) is 1.84. The van der Waals surface area contributed by atoms with Crippen LogP contribution in [0.25, 0.3) is 0 Å². The molecule has 0 saturated heterocycles. The molecule has 0 radical (unpaired) electrons. The molecule has 1 heterocycles. The summed E-state index contributed by atoms with van der Waals surface area (Å²) >= 11 is 8.78. The molecule has 0 amide bonds. The molecular weight excluding hydrogens is 311 g/mol. The highest BCUT2D eigenvalue weighted by Gasteiger charge is 2.13. The van der Waals surface area contributed by atoms with E-state index in [1.807, 2.05) is 6.07 Å². The van der Waals surface area contributed by atoms with Gasteiger partial charge in [-0.2, -0.15) is 5.26 Å². The van der Waals surface area contributed by atoms with Crippen LogP contribution in [0.5, 0.6) is 5.75 Å². The average molecular weight is 320 g/mol. The second-order valence-corrected chi connectivity index (χ2v) is 3.96. The number of ether oxygens (including phenoxy) is 2. The van der Waals surface area contributed by atoms with Crippen molar-refractivity contribution >= 4 is 33.5 Å². The Balaban J connectivity index is 2.84. The molecule has 0 spiro atoms. The molecule has 0 atom stereocenters. The summed E-state index contributed by atoms with van der Waals surface area (Å²) in [5.41, 5.74) is 0.196. The van der Waals surface area contributed by atoms with Crippen LogP contribution in [0, 0.1) is 11.3 Å². The summed E-state index contributed by atoms with van der Waals surface area (Å²) in [6, 6.07) is 3.26. The lowest BCUT2D eigenvalue weighted by molar-refractivity contribution is -0.145. The van der Waals surface area contributed by atoms with E-state index in [0.29, 0.717) is 0 Å². The van der Waals surface area contributed by atoms with Crippen LogP contribution in [0.4, 0.5) is 0 Å². The zero-order valence-electron chi connectivity index (χ0n) is 8.87. The highest BCUT2D eigenvalue weighted by molar-refractivity contribution is 9.10. The number of nitriles is 1. The van der Waals surface area contributed by atoms with Crippen LogP contribution < -0.4 is 4.74 Å². The topological polar surface area (TPSA) is 72.2 Å². The van der Waals surface area contributed by atoms with Crippen molar-refractivity contribution in [2.24, 2.45) is 0 Å². The van der Waals surface area contributed by atoms with Gasteiger partial charge in [0.15, 0.2) is 17.0 Å². The van der Waals surface area contributed by atoms with Crippen LogP contribution in [0.2, 0.25) is 5.15 Å². The molecule has 0 aliphatic heterocycles. The maximum Gasteiger partial charge on any atom is 0.344 e. The van der Waals surface area contributed by atoms with Crippen LogP contribution in [-0.2, 0) is 9.53 Å². The van der Waals surface area contributed by atoms with Gasteiger partial charge in [-0.15, -0.1) is 0 Å². The van der Waals surface area contributed by atoms with E-state index < -0.39 is 5.97 Å². The fourth-order valence-electron chi connectivity index (χ4n) is 1.03. The van der Waals surface area contributed by atoms with Gasteiger partial charge >= 0.3 is 5.97 Å².